The number of para-hydroxylation sites is 1. The van der Waals surface area contributed by atoms with E-state index in [1.807, 2.05) is 48.7 Å². The van der Waals surface area contributed by atoms with Gasteiger partial charge in [0, 0.05) is 29.2 Å². The van der Waals surface area contributed by atoms with Crippen LogP contribution in [0.1, 0.15) is 28.4 Å². The van der Waals surface area contributed by atoms with Gasteiger partial charge < -0.3 is 9.30 Å². The molecular weight excluding hydrogens is 424 g/mol. The highest BCUT2D eigenvalue weighted by molar-refractivity contribution is 8.18. The fraction of sp³-hybridized carbons (Fsp3) is 0.160. The van der Waals surface area contributed by atoms with Gasteiger partial charge in [-0.2, -0.15) is 0 Å². The molecule has 162 valence electrons. The summed E-state index contributed by atoms with van der Waals surface area (Å²) >= 11 is 0.940. The number of ether oxygens (including phenoxy) is 1. The van der Waals surface area contributed by atoms with E-state index in [1.54, 1.807) is 25.1 Å². The number of thioether (sulfide) groups is 1. The summed E-state index contributed by atoms with van der Waals surface area (Å²) in [5, 5.41) is 0.678. The number of hydrogen-bond donors (Lipinski definition) is 0. The molecule has 1 unspecified atom stereocenters. The Hall–Kier alpha value is -3.58. The van der Waals surface area contributed by atoms with Crippen molar-refractivity contribution >= 4 is 45.9 Å². The number of carbonyl (C=O) groups is 3. The van der Waals surface area contributed by atoms with Gasteiger partial charge in [0.25, 0.3) is 11.1 Å². The molecule has 1 aliphatic rings. The number of hydrogen-bond acceptors (Lipinski definition) is 5. The molecular formula is C25H22N2O4S. The van der Waals surface area contributed by atoms with Gasteiger partial charge in [0.15, 0.2) is 0 Å². The third-order valence-electron chi connectivity index (χ3n) is 5.38. The van der Waals surface area contributed by atoms with Crippen LogP contribution in [0.25, 0.3) is 17.0 Å². The van der Waals surface area contributed by atoms with E-state index in [-0.39, 0.29) is 23.2 Å². The summed E-state index contributed by atoms with van der Waals surface area (Å²) in [6.45, 7) is 5.98. The van der Waals surface area contributed by atoms with E-state index >= 15 is 0 Å². The molecule has 2 amide bonds. The fourth-order valence-corrected chi connectivity index (χ4v) is 4.62. The summed E-state index contributed by atoms with van der Waals surface area (Å²) < 4.78 is 6.88. The number of nitrogens with zero attached hydrogens (tertiary/aromatic N) is 2. The summed E-state index contributed by atoms with van der Waals surface area (Å²) in [5.74, 6) is -0.690. The Labute approximate surface area is 190 Å². The lowest BCUT2D eigenvalue weighted by molar-refractivity contribution is -0.123. The summed E-state index contributed by atoms with van der Waals surface area (Å²) in [5.41, 5.74) is 3.27. The van der Waals surface area contributed by atoms with E-state index in [9.17, 15) is 14.4 Å². The summed E-state index contributed by atoms with van der Waals surface area (Å²) in [6.07, 6.45) is 5.30. The van der Waals surface area contributed by atoms with Gasteiger partial charge in [0.05, 0.1) is 23.6 Å². The zero-order valence-corrected chi connectivity index (χ0v) is 18.6. The van der Waals surface area contributed by atoms with Gasteiger partial charge >= 0.3 is 5.97 Å². The van der Waals surface area contributed by atoms with Crippen LogP contribution in [0.15, 0.2) is 72.3 Å². The molecule has 0 radical (unpaired) electrons. The van der Waals surface area contributed by atoms with Crippen molar-refractivity contribution in [3.05, 3.63) is 89.0 Å². The van der Waals surface area contributed by atoms with Crippen molar-refractivity contribution in [2.45, 2.75) is 19.5 Å². The normalized spacial score (nSPS) is 16.1. The zero-order valence-electron chi connectivity index (χ0n) is 17.8. The van der Waals surface area contributed by atoms with Crippen molar-refractivity contribution in [3.8, 4) is 0 Å². The van der Waals surface area contributed by atoms with Crippen LogP contribution in [0, 0.1) is 0 Å². The number of esters is 1. The lowest BCUT2D eigenvalue weighted by Crippen LogP contribution is -2.35. The van der Waals surface area contributed by atoms with Gasteiger partial charge in [-0.25, -0.2) is 4.79 Å². The van der Waals surface area contributed by atoms with Crippen molar-refractivity contribution < 1.29 is 19.1 Å². The Morgan fingerprint density at radius 2 is 1.97 bits per heavy atom. The third-order valence-corrected chi connectivity index (χ3v) is 6.26. The van der Waals surface area contributed by atoms with Crippen molar-refractivity contribution in [1.82, 2.24) is 9.47 Å². The number of rotatable bonds is 6. The third kappa shape index (κ3) is 3.99. The molecule has 0 aliphatic carbocycles. The maximum Gasteiger partial charge on any atom is 0.337 e. The Morgan fingerprint density at radius 3 is 2.72 bits per heavy atom. The monoisotopic (exact) mass is 446 g/mol. The maximum absolute atomic E-state index is 12.8. The van der Waals surface area contributed by atoms with E-state index in [0.29, 0.717) is 17.0 Å². The fourth-order valence-electron chi connectivity index (χ4n) is 3.71. The van der Waals surface area contributed by atoms with Crippen molar-refractivity contribution in [3.63, 3.8) is 0 Å². The molecule has 2 aromatic carbocycles. The minimum absolute atomic E-state index is 0.294. The first-order valence-electron chi connectivity index (χ1n) is 10.1. The molecule has 32 heavy (non-hydrogen) atoms. The second-order valence-corrected chi connectivity index (χ2v) is 8.44. The second-order valence-electron chi connectivity index (χ2n) is 7.45. The van der Waals surface area contributed by atoms with Crippen LogP contribution >= 0.6 is 11.8 Å². The van der Waals surface area contributed by atoms with Crippen LogP contribution in [-0.4, -0.2) is 39.7 Å². The van der Waals surface area contributed by atoms with Gasteiger partial charge in [0.1, 0.15) is 0 Å². The Bertz CT molecular complexity index is 1270. The predicted octanol–water partition coefficient (Wildman–Crippen LogP) is 5.09. The van der Waals surface area contributed by atoms with Crippen LogP contribution in [0.3, 0.4) is 0 Å². The van der Waals surface area contributed by atoms with Crippen LogP contribution in [0.2, 0.25) is 0 Å². The molecule has 1 aliphatic heterocycles. The molecule has 6 nitrogen and oxygen atoms in total. The van der Waals surface area contributed by atoms with Crippen LogP contribution in [-0.2, 0) is 16.1 Å². The van der Waals surface area contributed by atoms with Crippen molar-refractivity contribution in [2.24, 2.45) is 0 Å². The first-order valence-corrected chi connectivity index (χ1v) is 10.9. The Kier molecular flexibility index (Phi) is 6.01. The van der Waals surface area contributed by atoms with E-state index in [4.69, 9.17) is 4.74 Å². The number of imide groups is 1. The highest BCUT2D eigenvalue weighted by Gasteiger charge is 2.37. The lowest BCUT2D eigenvalue weighted by Gasteiger charge is -2.17. The van der Waals surface area contributed by atoms with Gasteiger partial charge in [0.2, 0.25) is 0 Å². The molecule has 7 heteroatoms. The second kappa shape index (κ2) is 8.88. The van der Waals surface area contributed by atoms with Crippen LogP contribution < -0.4 is 0 Å². The average molecular weight is 447 g/mol. The Morgan fingerprint density at radius 1 is 1.19 bits per heavy atom. The number of carbonyl (C=O) groups excluding carboxylic acids is 3. The molecule has 1 saturated heterocycles. The minimum Gasteiger partial charge on any atom is -0.465 e. The van der Waals surface area contributed by atoms with Crippen molar-refractivity contribution in [2.75, 3.05) is 7.11 Å². The first kappa shape index (κ1) is 21.6. The number of methoxy groups -OCH3 is 1. The smallest absolute Gasteiger partial charge is 0.337 e. The maximum atomic E-state index is 12.8. The highest BCUT2D eigenvalue weighted by Crippen LogP contribution is 2.35. The number of amides is 2. The molecule has 4 rings (SSSR count). The summed E-state index contributed by atoms with van der Waals surface area (Å²) in [7, 11) is 1.36. The van der Waals surface area contributed by atoms with Gasteiger partial charge in [-0.15, -0.1) is 6.58 Å². The lowest BCUT2D eigenvalue weighted by atomic mass is 10.1. The summed E-state index contributed by atoms with van der Waals surface area (Å²) in [6, 6.07) is 14.8. The molecule has 1 atom stereocenters. The summed E-state index contributed by atoms with van der Waals surface area (Å²) in [4.78, 5) is 38.6. The van der Waals surface area contributed by atoms with E-state index in [1.165, 1.54) is 12.0 Å². The van der Waals surface area contributed by atoms with E-state index in [0.717, 1.165) is 33.8 Å². The van der Waals surface area contributed by atoms with Gasteiger partial charge in [-0.3, -0.25) is 14.5 Å². The number of fused-ring (bicyclic) bond motifs is 1. The number of benzene rings is 2. The topological polar surface area (TPSA) is 68.6 Å². The standard InChI is InChI=1S/C25H22N2O4S/c1-4-16(2)27-23(28)22(32-25(27)30)13-19-15-26(21-11-6-5-10-20(19)21)14-17-8-7-9-18(12-17)24(29)31-3/h4-13,15-16H,1,14H2,2-3H3. The van der Waals surface area contributed by atoms with E-state index in [2.05, 4.69) is 11.1 Å². The molecule has 0 saturated carbocycles. The molecule has 0 spiro atoms. The van der Waals surface area contributed by atoms with Crippen molar-refractivity contribution in [1.29, 1.82) is 0 Å². The van der Waals surface area contributed by atoms with Crippen LogP contribution in [0.5, 0.6) is 0 Å². The van der Waals surface area contributed by atoms with Gasteiger partial charge in [-0.05, 0) is 48.5 Å². The Balaban J connectivity index is 1.71. The first-order chi connectivity index (χ1) is 15.4. The molecule has 2 heterocycles. The molecule has 0 bridgehead atoms. The van der Waals surface area contributed by atoms with E-state index < -0.39 is 0 Å². The van der Waals surface area contributed by atoms with Crippen LogP contribution in [0.4, 0.5) is 4.79 Å². The molecule has 1 aromatic heterocycles. The SMILES string of the molecule is C=CC(C)N1C(=O)SC(=Cc2cn(Cc3cccc(C(=O)OC)c3)c3ccccc23)C1=O. The zero-order chi connectivity index (χ0) is 22.8. The number of aromatic nitrogens is 1. The van der Waals surface area contributed by atoms with Gasteiger partial charge in [-0.1, -0.05) is 36.4 Å². The quantitative estimate of drug-likeness (QED) is 0.300. The molecule has 1 fully saturated rings. The molecule has 0 N–H and O–H groups in total. The highest BCUT2D eigenvalue weighted by atomic mass is 32.2. The predicted molar refractivity (Wildman–Crippen MR) is 126 cm³/mol. The molecule has 3 aromatic rings. The average Bonchev–Trinajstić information content (AvgIpc) is 3.29. The minimum atomic E-state index is -0.380. The largest absolute Gasteiger partial charge is 0.465 e.